The normalized spacial score (nSPS) is 39.7. The van der Waals surface area contributed by atoms with E-state index in [1.807, 2.05) is 0 Å². The van der Waals surface area contributed by atoms with E-state index in [1.54, 1.807) is 4.57 Å². The molecule has 4 bridgehead atoms. The van der Waals surface area contributed by atoms with E-state index < -0.39 is 72.6 Å². The Kier molecular flexibility index (Phi) is 7.35. The number of anilines is 2. The van der Waals surface area contributed by atoms with Gasteiger partial charge in [-0.25, -0.2) is 24.5 Å². The number of H-pyrrole nitrogens is 1. The summed E-state index contributed by atoms with van der Waals surface area (Å²) in [7, 11) is -4.94. The fraction of sp³-hybridized carbons (Fsp3) is 0.524. The number of aliphatic hydroxyl groups excluding tert-OH is 1. The number of imidazole rings is 2. The van der Waals surface area contributed by atoms with Gasteiger partial charge < -0.3 is 40.0 Å². The van der Waals surface area contributed by atoms with E-state index in [0.29, 0.717) is 11.2 Å². The third-order valence-electron chi connectivity index (χ3n) is 8.05. The van der Waals surface area contributed by atoms with Crippen molar-refractivity contribution in [2.75, 3.05) is 31.3 Å². The smallest absolute Gasteiger partial charge is 0.389 e. The molecule has 4 aromatic rings. The molecular formula is C21H24N10O10P2S3. The summed E-state index contributed by atoms with van der Waals surface area (Å²) < 4.78 is 52.4. The van der Waals surface area contributed by atoms with Crippen LogP contribution in [-0.4, -0.2) is 104 Å². The van der Waals surface area contributed by atoms with Crippen LogP contribution in [0, 0.1) is 0 Å². The molecule has 46 heavy (non-hydrogen) atoms. The second-order valence-corrected chi connectivity index (χ2v) is 18.9. The molecule has 7 N–H and O–H groups in total. The van der Waals surface area contributed by atoms with Gasteiger partial charge in [0.2, 0.25) is 11.6 Å². The molecule has 25 heteroatoms. The van der Waals surface area contributed by atoms with Gasteiger partial charge in [0.25, 0.3) is 5.56 Å². The molecule has 0 aliphatic carbocycles. The zero-order chi connectivity index (χ0) is 32.2. The van der Waals surface area contributed by atoms with Crippen molar-refractivity contribution >= 4 is 83.4 Å². The lowest BCUT2D eigenvalue weighted by Crippen LogP contribution is -2.45. The third-order valence-corrected chi connectivity index (χ3v) is 12.7. The molecule has 4 aromatic heterocycles. The van der Waals surface area contributed by atoms with E-state index in [1.165, 1.54) is 23.5 Å². The Morgan fingerprint density at radius 3 is 2.70 bits per heavy atom. The molecule has 0 spiro atoms. The van der Waals surface area contributed by atoms with Crippen molar-refractivity contribution in [2.45, 2.75) is 46.9 Å². The summed E-state index contributed by atoms with van der Waals surface area (Å²) in [5, 5.41) is 9.60. The molecule has 20 nitrogen and oxygen atoms in total. The van der Waals surface area contributed by atoms with Crippen molar-refractivity contribution in [3.8, 4) is 0 Å². The molecule has 0 saturated carbocycles. The summed E-state index contributed by atoms with van der Waals surface area (Å²) in [6, 6.07) is 0. The fourth-order valence-electron chi connectivity index (χ4n) is 5.97. The second-order valence-electron chi connectivity index (χ2n) is 10.9. The average Bonchev–Trinajstić information content (AvgIpc) is 3.80. The number of rotatable bonds is 2. The highest BCUT2D eigenvalue weighted by Crippen LogP contribution is 2.62. The van der Waals surface area contributed by atoms with Crippen molar-refractivity contribution in [2.24, 2.45) is 0 Å². The zero-order valence-corrected chi connectivity index (χ0v) is 27.3. The fourth-order valence-corrected chi connectivity index (χ4v) is 10.6. The lowest BCUT2D eigenvalue weighted by molar-refractivity contribution is -0.184. The van der Waals surface area contributed by atoms with Crippen molar-refractivity contribution in [1.82, 2.24) is 39.0 Å². The van der Waals surface area contributed by atoms with Crippen LogP contribution in [0.2, 0.25) is 0 Å². The van der Waals surface area contributed by atoms with Crippen LogP contribution in [0.5, 0.6) is 0 Å². The first-order chi connectivity index (χ1) is 21.8. The van der Waals surface area contributed by atoms with E-state index in [0.717, 1.165) is 11.8 Å². The van der Waals surface area contributed by atoms with Gasteiger partial charge in [-0.05, 0) is 11.8 Å². The van der Waals surface area contributed by atoms with E-state index in [9.17, 15) is 19.4 Å². The minimum atomic E-state index is -4.94. The minimum Gasteiger partial charge on any atom is -0.389 e. The van der Waals surface area contributed by atoms with E-state index in [2.05, 4.69) is 42.2 Å². The number of ether oxygens (including phenoxy) is 2. The van der Waals surface area contributed by atoms with Crippen molar-refractivity contribution < 1.29 is 42.1 Å². The van der Waals surface area contributed by atoms with Crippen LogP contribution < -0.4 is 17.0 Å². The topological polar surface area (TPSA) is 272 Å². The molecule has 246 valence electrons. The van der Waals surface area contributed by atoms with Crippen LogP contribution in [0.4, 0.5) is 11.8 Å². The average molecular weight is 735 g/mol. The summed E-state index contributed by atoms with van der Waals surface area (Å²) in [4.78, 5) is 46.5. The number of nitrogens with one attached hydrogen (secondary N) is 1. The SMILES string of the molecule is Nc1nc2c(ncn2[C@@H]2S[C@@H]3COP(=S)(S)O[C@H]4[C@H]5OC[C@]4(COP(=O)(O)O[C@@H]2[C@@H]3O)O[C@H]5n2cnc3c(N)ncnc32)c(=O)[nH]1. The monoisotopic (exact) mass is 734 g/mol. The highest BCUT2D eigenvalue weighted by atomic mass is 32.9. The van der Waals surface area contributed by atoms with Gasteiger partial charge >= 0.3 is 7.82 Å². The summed E-state index contributed by atoms with van der Waals surface area (Å²) in [6.07, 6.45) is -1.44. The number of thiol groups is 1. The van der Waals surface area contributed by atoms with Gasteiger partial charge in [-0.15, -0.1) is 11.8 Å². The van der Waals surface area contributed by atoms with Crippen LogP contribution in [-0.2, 0) is 43.9 Å². The number of fused-ring (bicyclic) bond motifs is 4. The number of aromatic amines is 1. The Bertz CT molecular complexity index is 2030. The maximum atomic E-state index is 13.5. The highest BCUT2D eigenvalue weighted by molar-refractivity contribution is 8.60. The van der Waals surface area contributed by atoms with E-state index >= 15 is 0 Å². The van der Waals surface area contributed by atoms with Gasteiger partial charge in [0.1, 0.15) is 41.1 Å². The molecule has 8 rings (SSSR count). The van der Waals surface area contributed by atoms with Gasteiger partial charge in [0.05, 0.1) is 43.8 Å². The van der Waals surface area contributed by atoms with E-state index in [4.69, 9.17) is 50.8 Å². The first-order valence-corrected chi connectivity index (χ1v) is 19.7. The van der Waals surface area contributed by atoms with Gasteiger partial charge in [-0.2, -0.15) is 4.98 Å². The maximum Gasteiger partial charge on any atom is 0.472 e. The number of aliphatic hydroxyl groups is 1. The van der Waals surface area contributed by atoms with Crippen LogP contribution in [0.25, 0.3) is 22.3 Å². The number of nitrogens with zero attached hydrogens (tertiary/aromatic N) is 7. The predicted molar refractivity (Wildman–Crippen MR) is 166 cm³/mol. The molecule has 4 aliphatic heterocycles. The van der Waals surface area contributed by atoms with Crippen molar-refractivity contribution in [1.29, 1.82) is 0 Å². The minimum absolute atomic E-state index is 0.0338. The molecule has 4 saturated heterocycles. The number of phosphoric acid groups is 1. The highest BCUT2D eigenvalue weighted by Gasteiger charge is 2.65. The summed E-state index contributed by atoms with van der Waals surface area (Å²) in [5.74, 6) is -0.0137. The molecule has 4 fully saturated rings. The molecule has 4 aliphatic rings. The third kappa shape index (κ3) is 5.00. The van der Waals surface area contributed by atoms with Crippen LogP contribution >= 0.6 is 37.5 Å². The Balaban J connectivity index is 1.14. The molecule has 10 atom stereocenters. The molecular weight excluding hydrogens is 710 g/mol. The molecule has 0 amide bonds. The number of hydrogen-bond acceptors (Lipinski definition) is 18. The van der Waals surface area contributed by atoms with E-state index in [-0.39, 0.29) is 36.1 Å². The summed E-state index contributed by atoms with van der Waals surface area (Å²) >= 11 is 11.3. The van der Waals surface area contributed by atoms with Gasteiger partial charge in [0, 0.05) is 0 Å². The Morgan fingerprint density at radius 1 is 1.09 bits per heavy atom. The Hall–Kier alpha value is -2.24. The van der Waals surface area contributed by atoms with Gasteiger partial charge in [-0.1, -0.05) is 12.2 Å². The van der Waals surface area contributed by atoms with Crippen LogP contribution in [0.15, 0.2) is 23.8 Å². The van der Waals surface area contributed by atoms with Gasteiger partial charge in [0.15, 0.2) is 28.9 Å². The van der Waals surface area contributed by atoms with Crippen LogP contribution in [0.1, 0.15) is 11.6 Å². The number of nitrogens with two attached hydrogens (primary N) is 2. The Labute approximate surface area is 271 Å². The zero-order valence-electron chi connectivity index (χ0n) is 23.0. The standard InChI is InChI=1S/C21H24N10O10P2S3/c22-14-8-15(25-4-24-14)30(5-26-8)18-12-13-21(39-18,2-36-12)3-38-42(34,35)40-11-10(32)7(1-37-43(44,45)41-13)46-19(11)31-6-27-9-16(31)28-20(23)29-17(9)33/h4-7,10-13,18-19,32H,1-3H2,(H,34,35)(H,44,45)(H2,22,24,25)(H3,23,28,29,33)/t7-,10-,11-,12-,13+,18-,19-,21-/m1/s1. The number of thioether (sulfide) groups is 1. The molecule has 2 unspecified atom stereocenters. The largest absolute Gasteiger partial charge is 0.472 e. The first kappa shape index (κ1) is 31.1. The Morgan fingerprint density at radius 2 is 1.87 bits per heavy atom. The van der Waals surface area contributed by atoms with Crippen molar-refractivity contribution in [3.63, 3.8) is 0 Å². The lowest BCUT2D eigenvalue weighted by atomic mass is 10.0. The number of aromatic nitrogens is 8. The first-order valence-electron chi connectivity index (χ1n) is 13.4. The molecule has 8 heterocycles. The molecule has 0 aromatic carbocycles. The summed E-state index contributed by atoms with van der Waals surface area (Å²) in [5.41, 5.74) is 6.98. The van der Waals surface area contributed by atoms with Crippen molar-refractivity contribution in [3.05, 3.63) is 29.3 Å². The summed E-state index contributed by atoms with van der Waals surface area (Å²) in [6.45, 7) is -0.863. The number of hydrogen-bond donors (Lipinski definition) is 6. The quantitative estimate of drug-likeness (QED) is 0.115. The predicted octanol–water partition coefficient (Wildman–Crippen LogP) is -0.163. The molecule has 0 radical (unpaired) electrons. The number of phosphoric ester groups is 1. The maximum absolute atomic E-state index is 13.5. The lowest BCUT2D eigenvalue weighted by Gasteiger charge is -2.33. The number of nitrogen functional groups attached to an aromatic ring is 2. The second kappa shape index (κ2) is 10.9. The van der Waals surface area contributed by atoms with Gasteiger partial charge in [-0.3, -0.25) is 28.0 Å². The van der Waals surface area contributed by atoms with Crippen LogP contribution in [0.3, 0.4) is 0 Å².